The van der Waals surface area contributed by atoms with Crippen LogP contribution in [0.25, 0.3) is 22.3 Å². The molecule has 0 amide bonds. The Hall–Kier alpha value is -1.54. The highest BCUT2D eigenvalue weighted by atomic mass is 79.9. The average Bonchev–Trinajstić information content (AvgIpc) is 2.72. The van der Waals surface area contributed by atoms with Crippen LogP contribution in [0.15, 0.2) is 57.4 Å². The van der Waals surface area contributed by atoms with Gasteiger partial charge in [-0.15, -0.1) is 0 Å². The Kier molecular flexibility index (Phi) is 2.52. The lowest BCUT2D eigenvalue weighted by atomic mass is 10.1. The summed E-state index contributed by atoms with van der Waals surface area (Å²) in [6, 6.07) is 16.4. The van der Waals surface area contributed by atoms with E-state index in [4.69, 9.17) is 4.42 Å². The van der Waals surface area contributed by atoms with Crippen molar-refractivity contribution in [3.63, 3.8) is 0 Å². The van der Waals surface area contributed by atoms with Gasteiger partial charge in [-0.3, -0.25) is 0 Å². The second-order valence-electron chi connectivity index (χ2n) is 4.16. The van der Waals surface area contributed by atoms with Gasteiger partial charge in [0.25, 0.3) is 0 Å². The van der Waals surface area contributed by atoms with E-state index in [1.807, 2.05) is 18.2 Å². The smallest absolute Gasteiger partial charge is 0.135 e. The highest BCUT2D eigenvalue weighted by molar-refractivity contribution is 9.10. The molecule has 0 saturated heterocycles. The summed E-state index contributed by atoms with van der Waals surface area (Å²) >= 11 is 3.47. The minimum absolute atomic E-state index is 0.909. The van der Waals surface area contributed by atoms with Crippen molar-refractivity contribution in [3.05, 3.63) is 58.6 Å². The van der Waals surface area contributed by atoms with E-state index in [2.05, 4.69) is 53.2 Å². The molecule has 0 unspecified atom stereocenters. The fourth-order valence-electron chi connectivity index (χ4n) is 1.95. The van der Waals surface area contributed by atoms with Gasteiger partial charge in [-0.2, -0.15) is 0 Å². The molecule has 3 rings (SSSR count). The molecule has 84 valence electrons. The Morgan fingerprint density at radius 3 is 2.71 bits per heavy atom. The molecule has 0 bridgehead atoms. The van der Waals surface area contributed by atoms with Crippen LogP contribution < -0.4 is 0 Å². The van der Waals surface area contributed by atoms with Gasteiger partial charge in [0.05, 0.1) is 0 Å². The van der Waals surface area contributed by atoms with E-state index in [0.29, 0.717) is 0 Å². The number of hydrogen-bond donors (Lipinski definition) is 0. The third-order valence-electron chi connectivity index (χ3n) is 2.78. The van der Waals surface area contributed by atoms with E-state index in [1.165, 1.54) is 5.56 Å². The number of furan rings is 1. The monoisotopic (exact) mass is 286 g/mol. The summed E-state index contributed by atoms with van der Waals surface area (Å²) < 4.78 is 6.90. The molecule has 0 saturated carbocycles. The van der Waals surface area contributed by atoms with Crippen LogP contribution in [0, 0.1) is 6.92 Å². The quantitative estimate of drug-likeness (QED) is 0.601. The Morgan fingerprint density at radius 2 is 1.88 bits per heavy atom. The maximum Gasteiger partial charge on any atom is 0.135 e. The highest BCUT2D eigenvalue weighted by Crippen LogP contribution is 2.29. The molecule has 0 aliphatic rings. The molecule has 0 N–H and O–H groups in total. The summed E-state index contributed by atoms with van der Waals surface area (Å²) in [7, 11) is 0. The van der Waals surface area contributed by atoms with E-state index in [-0.39, 0.29) is 0 Å². The molecule has 0 radical (unpaired) electrons. The van der Waals surface area contributed by atoms with Crippen LogP contribution in [0.3, 0.4) is 0 Å². The lowest BCUT2D eigenvalue weighted by molar-refractivity contribution is 0.631. The van der Waals surface area contributed by atoms with Crippen molar-refractivity contribution < 1.29 is 4.42 Å². The van der Waals surface area contributed by atoms with Gasteiger partial charge < -0.3 is 4.42 Å². The standard InChI is InChI=1S/C15H11BrO/c1-10-5-6-14-12(7-10)9-15(17-14)11-3-2-4-13(16)8-11/h2-9H,1H3. The maximum absolute atomic E-state index is 5.84. The zero-order valence-corrected chi connectivity index (χ0v) is 11.0. The molecular weight excluding hydrogens is 276 g/mol. The third kappa shape index (κ3) is 2.01. The van der Waals surface area contributed by atoms with E-state index in [0.717, 1.165) is 26.8 Å². The fraction of sp³-hybridized carbons (Fsp3) is 0.0667. The maximum atomic E-state index is 5.84. The van der Waals surface area contributed by atoms with Crippen molar-refractivity contribution in [2.45, 2.75) is 6.92 Å². The number of rotatable bonds is 1. The molecule has 0 aliphatic heterocycles. The van der Waals surface area contributed by atoms with Crippen molar-refractivity contribution in [2.75, 3.05) is 0 Å². The fourth-order valence-corrected chi connectivity index (χ4v) is 2.35. The van der Waals surface area contributed by atoms with E-state index < -0.39 is 0 Å². The van der Waals surface area contributed by atoms with Gasteiger partial charge >= 0.3 is 0 Å². The molecule has 0 aliphatic carbocycles. The number of aryl methyl sites for hydroxylation is 1. The molecule has 17 heavy (non-hydrogen) atoms. The Bertz CT molecular complexity index is 682. The molecule has 0 fully saturated rings. The summed E-state index contributed by atoms with van der Waals surface area (Å²) in [4.78, 5) is 0. The Balaban J connectivity index is 2.18. The van der Waals surface area contributed by atoms with Gasteiger partial charge in [-0.25, -0.2) is 0 Å². The topological polar surface area (TPSA) is 13.1 Å². The first-order valence-electron chi connectivity index (χ1n) is 5.48. The second-order valence-corrected chi connectivity index (χ2v) is 5.08. The minimum Gasteiger partial charge on any atom is -0.456 e. The number of hydrogen-bond acceptors (Lipinski definition) is 1. The average molecular weight is 287 g/mol. The minimum atomic E-state index is 0.909. The Labute approximate surface area is 108 Å². The molecule has 3 aromatic rings. The van der Waals surface area contributed by atoms with Crippen LogP contribution >= 0.6 is 15.9 Å². The molecule has 2 aromatic carbocycles. The van der Waals surface area contributed by atoms with Gasteiger partial charge in [0.1, 0.15) is 11.3 Å². The SMILES string of the molecule is Cc1ccc2oc(-c3cccc(Br)c3)cc2c1. The van der Waals surface area contributed by atoms with Crippen molar-refractivity contribution >= 4 is 26.9 Å². The molecule has 2 heteroatoms. The zero-order valence-electron chi connectivity index (χ0n) is 9.41. The Morgan fingerprint density at radius 1 is 1.00 bits per heavy atom. The molecule has 1 heterocycles. The predicted molar refractivity (Wildman–Crippen MR) is 74.1 cm³/mol. The van der Waals surface area contributed by atoms with Gasteiger partial charge in [0.2, 0.25) is 0 Å². The van der Waals surface area contributed by atoms with Gasteiger partial charge in [-0.1, -0.05) is 39.7 Å². The molecule has 0 atom stereocenters. The summed E-state index contributed by atoms with van der Waals surface area (Å²) in [6.45, 7) is 2.09. The number of halogens is 1. The van der Waals surface area contributed by atoms with Crippen molar-refractivity contribution in [1.29, 1.82) is 0 Å². The highest BCUT2D eigenvalue weighted by Gasteiger charge is 2.06. The molecule has 0 spiro atoms. The summed E-state index contributed by atoms with van der Waals surface area (Å²) in [6.07, 6.45) is 0. The van der Waals surface area contributed by atoms with Crippen LogP contribution in [0.5, 0.6) is 0 Å². The number of fused-ring (bicyclic) bond motifs is 1. The third-order valence-corrected chi connectivity index (χ3v) is 3.27. The normalized spacial score (nSPS) is 10.9. The first kappa shape index (κ1) is 10.6. The molecular formula is C15H11BrO. The first-order valence-corrected chi connectivity index (χ1v) is 6.28. The summed E-state index contributed by atoms with van der Waals surface area (Å²) in [5, 5.41) is 1.15. The summed E-state index contributed by atoms with van der Waals surface area (Å²) in [5.74, 6) is 0.909. The first-order chi connectivity index (χ1) is 8.22. The number of benzene rings is 2. The second kappa shape index (κ2) is 4.04. The molecule has 1 nitrogen and oxygen atoms in total. The van der Waals surface area contributed by atoms with Crippen LogP contribution in [-0.2, 0) is 0 Å². The van der Waals surface area contributed by atoms with Gasteiger partial charge in [0, 0.05) is 15.4 Å². The summed E-state index contributed by atoms with van der Waals surface area (Å²) in [5.41, 5.74) is 3.28. The zero-order chi connectivity index (χ0) is 11.8. The van der Waals surface area contributed by atoms with Crippen LogP contribution in [0.4, 0.5) is 0 Å². The lowest BCUT2D eigenvalue weighted by Crippen LogP contribution is -1.72. The predicted octanol–water partition coefficient (Wildman–Crippen LogP) is 5.17. The van der Waals surface area contributed by atoms with Crippen LogP contribution in [0.2, 0.25) is 0 Å². The van der Waals surface area contributed by atoms with Gasteiger partial charge in [0.15, 0.2) is 0 Å². The van der Waals surface area contributed by atoms with Crippen molar-refractivity contribution in [1.82, 2.24) is 0 Å². The van der Waals surface area contributed by atoms with E-state index in [9.17, 15) is 0 Å². The van der Waals surface area contributed by atoms with Crippen LogP contribution in [-0.4, -0.2) is 0 Å². The van der Waals surface area contributed by atoms with E-state index in [1.54, 1.807) is 0 Å². The van der Waals surface area contributed by atoms with E-state index >= 15 is 0 Å². The lowest BCUT2D eigenvalue weighted by Gasteiger charge is -1.96. The largest absolute Gasteiger partial charge is 0.456 e. The van der Waals surface area contributed by atoms with Crippen molar-refractivity contribution in [3.8, 4) is 11.3 Å². The van der Waals surface area contributed by atoms with Gasteiger partial charge in [-0.05, 0) is 37.3 Å². The molecule has 1 aromatic heterocycles. The van der Waals surface area contributed by atoms with Crippen molar-refractivity contribution in [2.24, 2.45) is 0 Å². The van der Waals surface area contributed by atoms with Crippen LogP contribution in [0.1, 0.15) is 5.56 Å².